The van der Waals surface area contributed by atoms with Crippen molar-refractivity contribution in [2.75, 3.05) is 5.32 Å². The fourth-order valence-electron chi connectivity index (χ4n) is 1.81. The van der Waals surface area contributed by atoms with Gasteiger partial charge in [0.05, 0.1) is 16.4 Å². The molecule has 2 heterocycles. The molecule has 0 aliphatic carbocycles. The first-order valence-corrected chi connectivity index (χ1v) is 7.00. The highest BCUT2D eigenvalue weighted by Gasteiger charge is 2.02. The van der Waals surface area contributed by atoms with Gasteiger partial charge in [0.15, 0.2) is 5.82 Å². The van der Waals surface area contributed by atoms with Crippen LogP contribution in [-0.4, -0.2) is 19.7 Å². The summed E-state index contributed by atoms with van der Waals surface area (Å²) in [5, 5.41) is 7.19. The largest absolute Gasteiger partial charge is 0.380 e. The second kappa shape index (κ2) is 6.01. The molecule has 0 fully saturated rings. The predicted molar refractivity (Wildman–Crippen MR) is 80.6 cm³/mol. The van der Waals surface area contributed by atoms with E-state index < -0.39 is 0 Å². The minimum absolute atomic E-state index is 0.269. The van der Waals surface area contributed by atoms with Crippen LogP contribution in [0.2, 0.25) is 0 Å². The van der Waals surface area contributed by atoms with Gasteiger partial charge in [0.1, 0.15) is 18.5 Å². The first kappa shape index (κ1) is 13.7. The highest BCUT2D eigenvalue weighted by molar-refractivity contribution is 9.10. The molecule has 106 valence electrons. The van der Waals surface area contributed by atoms with E-state index in [9.17, 15) is 4.39 Å². The Labute approximate surface area is 129 Å². The van der Waals surface area contributed by atoms with Crippen LogP contribution in [0.25, 0.3) is 5.82 Å². The first-order chi connectivity index (χ1) is 10.2. The van der Waals surface area contributed by atoms with Gasteiger partial charge in [-0.25, -0.2) is 19.0 Å². The molecule has 0 saturated heterocycles. The quantitative estimate of drug-likeness (QED) is 0.787. The Morgan fingerprint density at radius 2 is 2.14 bits per heavy atom. The van der Waals surface area contributed by atoms with Crippen LogP contribution in [0, 0.1) is 5.82 Å². The SMILES string of the molecule is Fc1cc(CNc2ccc(-n3cncn3)nc2)ccc1Br. The number of nitrogens with zero attached hydrogens (tertiary/aromatic N) is 4. The van der Waals surface area contributed by atoms with Crippen LogP contribution < -0.4 is 5.32 Å². The van der Waals surface area contributed by atoms with Crippen LogP contribution in [0.4, 0.5) is 10.1 Å². The molecule has 0 radical (unpaired) electrons. The molecule has 0 aliphatic rings. The van der Waals surface area contributed by atoms with E-state index in [-0.39, 0.29) is 5.82 Å². The fourth-order valence-corrected chi connectivity index (χ4v) is 2.05. The van der Waals surface area contributed by atoms with Gasteiger partial charge >= 0.3 is 0 Å². The molecule has 5 nitrogen and oxygen atoms in total. The maximum atomic E-state index is 13.4. The Bertz CT molecular complexity index is 728. The van der Waals surface area contributed by atoms with Gasteiger partial charge in [0.25, 0.3) is 0 Å². The van der Waals surface area contributed by atoms with Crippen molar-refractivity contribution in [2.24, 2.45) is 0 Å². The molecular formula is C14H11BrFN5. The molecule has 0 unspecified atom stereocenters. The fraction of sp³-hybridized carbons (Fsp3) is 0.0714. The molecular weight excluding hydrogens is 337 g/mol. The smallest absolute Gasteiger partial charge is 0.155 e. The summed E-state index contributed by atoms with van der Waals surface area (Å²) < 4.78 is 15.5. The average molecular weight is 348 g/mol. The van der Waals surface area contributed by atoms with E-state index in [4.69, 9.17) is 0 Å². The van der Waals surface area contributed by atoms with Gasteiger partial charge in [-0.15, -0.1) is 0 Å². The zero-order valence-electron chi connectivity index (χ0n) is 10.9. The van der Waals surface area contributed by atoms with Gasteiger partial charge in [0, 0.05) is 6.54 Å². The molecule has 0 aliphatic heterocycles. The van der Waals surface area contributed by atoms with Gasteiger partial charge in [-0.1, -0.05) is 6.07 Å². The third-order valence-electron chi connectivity index (χ3n) is 2.88. The van der Waals surface area contributed by atoms with Crippen molar-refractivity contribution >= 4 is 21.6 Å². The summed E-state index contributed by atoms with van der Waals surface area (Å²) in [6.45, 7) is 0.522. The van der Waals surface area contributed by atoms with Crippen molar-refractivity contribution in [1.29, 1.82) is 0 Å². The first-order valence-electron chi connectivity index (χ1n) is 6.21. The van der Waals surface area contributed by atoms with Gasteiger partial charge in [0.2, 0.25) is 0 Å². The molecule has 2 aromatic heterocycles. The minimum atomic E-state index is -0.269. The monoisotopic (exact) mass is 347 g/mol. The summed E-state index contributed by atoms with van der Waals surface area (Å²) in [4.78, 5) is 8.15. The van der Waals surface area contributed by atoms with E-state index in [1.807, 2.05) is 18.2 Å². The Hall–Kier alpha value is -2.28. The molecule has 0 bridgehead atoms. The third-order valence-corrected chi connectivity index (χ3v) is 3.53. The molecule has 3 aromatic rings. The van der Waals surface area contributed by atoms with Crippen molar-refractivity contribution in [1.82, 2.24) is 19.7 Å². The van der Waals surface area contributed by atoms with Crippen LogP contribution in [0.5, 0.6) is 0 Å². The molecule has 3 rings (SSSR count). The summed E-state index contributed by atoms with van der Waals surface area (Å²) in [7, 11) is 0. The number of hydrogen-bond donors (Lipinski definition) is 1. The predicted octanol–water partition coefficient (Wildman–Crippen LogP) is 3.18. The second-order valence-corrected chi connectivity index (χ2v) is 5.20. The van der Waals surface area contributed by atoms with Gasteiger partial charge in [-0.2, -0.15) is 5.10 Å². The van der Waals surface area contributed by atoms with E-state index in [1.165, 1.54) is 12.4 Å². The molecule has 0 spiro atoms. The van der Waals surface area contributed by atoms with Gasteiger partial charge < -0.3 is 5.32 Å². The number of rotatable bonds is 4. The molecule has 0 atom stereocenters. The number of halogens is 2. The Balaban J connectivity index is 1.66. The number of benzene rings is 1. The highest BCUT2D eigenvalue weighted by Crippen LogP contribution is 2.17. The molecule has 1 aromatic carbocycles. The van der Waals surface area contributed by atoms with Crippen molar-refractivity contribution in [2.45, 2.75) is 6.54 Å². The third kappa shape index (κ3) is 3.25. The van der Waals surface area contributed by atoms with Crippen LogP contribution in [0.1, 0.15) is 5.56 Å². The normalized spacial score (nSPS) is 10.6. The Morgan fingerprint density at radius 1 is 1.24 bits per heavy atom. The lowest BCUT2D eigenvalue weighted by Gasteiger charge is -2.07. The van der Waals surface area contributed by atoms with Gasteiger partial charge in [-0.3, -0.25) is 0 Å². The minimum Gasteiger partial charge on any atom is -0.380 e. The number of hydrogen-bond acceptors (Lipinski definition) is 4. The molecule has 0 amide bonds. The van der Waals surface area contributed by atoms with E-state index in [2.05, 4.69) is 36.3 Å². The van der Waals surface area contributed by atoms with E-state index in [0.29, 0.717) is 16.8 Å². The van der Waals surface area contributed by atoms with Gasteiger partial charge in [-0.05, 0) is 45.8 Å². The lowest BCUT2D eigenvalue weighted by molar-refractivity contribution is 0.619. The van der Waals surface area contributed by atoms with Crippen molar-refractivity contribution in [3.8, 4) is 5.82 Å². The summed E-state index contributed by atoms with van der Waals surface area (Å²) in [6, 6.07) is 8.77. The number of anilines is 1. The molecule has 1 N–H and O–H groups in total. The Kier molecular flexibility index (Phi) is 3.92. The summed E-state index contributed by atoms with van der Waals surface area (Å²) in [5.41, 5.74) is 1.71. The zero-order valence-corrected chi connectivity index (χ0v) is 12.5. The highest BCUT2D eigenvalue weighted by atomic mass is 79.9. The van der Waals surface area contributed by atoms with Crippen LogP contribution in [-0.2, 0) is 6.54 Å². The second-order valence-electron chi connectivity index (χ2n) is 4.35. The van der Waals surface area contributed by atoms with E-state index in [1.54, 1.807) is 23.3 Å². The molecule has 0 saturated carbocycles. The van der Waals surface area contributed by atoms with E-state index >= 15 is 0 Å². The summed E-state index contributed by atoms with van der Waals surface area (Å²) in [6.07, 6.45) is 4.74. The van der Waals surface area contributed by atoms with Crippen molar-refractivity contribution in [3.63, 3.8) is 0 Å². The summed E-state index contributed by atoms with van der Waals surface area (Å²) in [5.74, 6) is 0.418. The lowest BCUT2D eigenvalue weighted by atomic mass is 10.2. The van der Waals surface area contributed by atoms with Crippen LogP contribution in [0.3, 0.4) is 0 Å². The van der Waals surface area contributed by atoms with Crippen LogP contribution in [0.15, 0.2) is 53.7 Å². The number of pyridine rings is 1. The standard InChI is InChI=1S/C14H11BrFN5/c15-12-3-1-10(5-13(12)16)6-18-11-2-4-14(19-7-11)21-9-17-8-20-21/h1-5,7-9,18H,6H2. The maximum absolute atomic E-state index is 13.4. The lowest BCUT2D eigenvalue weighted by Crippen LogP contribution is -2.02. The molecule has 21 heavy (non-hydrogen) atoms. The Morgan fingerprint density at radius 3 is 2.81 bits per heavy atom. The summed E-state index contributed by atoms with van der Waals surface area (Å²) >= 11 is 3.13. The average Bonchev–Trinajstić information content (AvgIpc) is 3.03. The van der Waals surface area contributed by atoms with Crippen molar-refractivity contribution < 1.29 is 4.39 Å². The zero-order chi connectivity index (χ0) is 14.7. The van der Waals surface area contributed by atoms with E-state index in [0.717, 1.165) is 11.3 Å². The van der Waals surface area contributed by atoms with Crippen molar-refractivity contribution in [3.05, 3.63) is 65.0 Å². The number of aromatic nitrogens is 4. The topological polar surface area (TPSA) is 55.6 Å². The maximum Gasteiger partial charge on any atom is 0.155 e. The molecule has 7 heteroatoms. The number of nitrogens with one attached hydrogen (secondary N) is 1. The van der Waals surface area contributed by atoms with Crippen LogP contribution >= 0.6 is 15.9 Å².